The van der Waals surface area contributed by atoms with Crippen LogP contribution in [0.25, 0.3) is 11.1 Å². The molecule has 2 rings (SSSR count). The second-order valence-electron chi connectivity index (χ2n) is 5.49. The fourth-order valence-corrected chi connectivity index (χ4v) is 2.43. The van der Waals surface area contributed by atoms with E-state index in [9.17, 15) is 9.18 Å². The molecule has 0 aromatic heterocycles. The fourth-order valence-electron chi connectivity index (χ4n) is 2.43. The Morgan fingerprint density at radius 1 is 1.22 bits per heavy atom. The first-order chi connectivity index (χ1) is 11.0. The number of halogens is 1. The minimum Gasteiger partial charge on any atom is -0.493 e. The molecule has 0 aliphatic heterocycles. The Morgan fingerprint density at radius 3 is 2.70 bits per heavy atom. The molecule has 0 radical (unpaired) electrons. The average molecular weight is 316 g/mol. The van der Waals surface area contributed by atoms with Crippen molar-refractivity contribution < 1.29 is 19.0 Å². The number of aromatic carboxylic acids is 1. The Balaban J connectivity index is 2.39. The predicted molar refractivity (Wildman–Crippen MR) is 88.6 cm³/mol. The third-order valence-corrected chi connectivity index (χ3v) is 3.75. The second-order valence-corrected chi connectivity index (χ2v) is 5.49. The summed E-state index contributed by atoms with van der Waals surface area (Å²) in [5.41, 5.74) is 2.06. The zero-order chi connectivity index (χ0) is 16.8. The predicted octanol–water partition coefficient (Wildman–Crippen LogP) is 5.07. The van der Waals surface area contributed by atoms with Gasteiger partial charge in [0.25, 0.3) is 0 Å². The maximum Gasteiger partial charge on any atom is 0.335 e. The van der Waals surface area contributed by atoms with Crippen molar-refractivity contribution >= 4 is 5.97 Å². The van der Waals surface area contributed by atoms with Crippen LogP contribution < -0.4 is 4.74 Å². The van der Waals surface area contributed by atoms with Gasteiger partial charge in [0, 0.05) is 11.1 Å². The van der Waals surface area contributed by atoms with Crippen LogP contribution in [-0.2, 0) is 0 Å². The Kier molecular flexibility index (Phi) is 5.74. The summed E-state index contributed by atoms with van der Waals surface area (Å²) in [5, 5.41) is 9.13. The monoisotopic (exact) mass is 316 g/mol. The highest BCUT2D eigenvalue weighted by molar-refractivity contribution is 5.90. The minimum absolute atomic E-state index is 0.196. The molecular formula is C19H21FO3. The van der Waals surface area contributed by atoms with E-state index < -0.39 is 5.97 Å². The van der Waals surface area contributed by atoms with Gasteiger partial charge in [-0.1, -0.05) is 31.9 Å². The summed E-state index contributed by atoms with van der Waals surface area (Å²) in [6, 6.07) is 9.61. The molecule has 0 heterocycles. The van der Waals surface area contributed by atoms with E-state index in [0.29, 0.717) is 29.0 Å². The van der Waals surface area contributed by atoms with Crippen molar-refractivity contribution in [2.75, 3.05) is 6.61 Å². The number of ether oxygens (including phenoxy) is 1. The van der Waals surface area contributed by atoms with E-state index in [0.717, 1.165) is 19.3 Å². The van der Waals surface area contributed by atoms with Crippen LogP contribution in [-0.4, -0.2) is 17.7 Å². The van der Waals surface area contributed by atoms with Crippen LogP contribution in [0.15, 0.2) is 36.4 Å². The summed E-state index contributed by atoms with van der Waals surface area (Å²) in [6.45, 7) is 4.30. The maximum absolute atomic E-state index is 13.9. The first kappa shape index (κ1) is 17.0. The Labute approximate surface area is 135 Å². The quantitative estimate of drug-likeness (QED) is 0.726. The number of rotatable bonds is 7. The van der Waals surface area contributed by atoms with Crippen LogP contribution in [0.5, 0.6) is 5.75 Å². The molecule has 1 N–H and O–H groups in total. The summed E-state index contributed by atoms with van der Waals surface area (Å²) in [5.74, 6) is -0.826. The summed E-state index contributed by atoms with van der Waals surface area (Å²) >= 11 is 0. The second kappa shape index (κ2) is 7.77. The number of unbranched alkanes of at least 4 members (excludes halogenated alkanes) is 2. The highest BCUT2D eigenvalue weighted by atomic mass is 19.1. The van der Waals surface area contributed by atoms with E-state index in [-0.39, 0.29) is 11.4 Å². The van der Waals surface area contributed by atoms with Gasteiger partial charge in [0.2, 0.25) is 0 Å². The van der Waals surface area contributed by atoms with Crippen LogP contribution >= 0.6 is 0 Å². The van der Waals surface area contributed by atoms with Crippen molar-refractivity contribution in [3.63, 3.8) is 0 Å². The highest BCUT2D eigenvalue weighted by Gasteiger charge is 2.14. The van der Waals surface area contributed by atoms with E-state index in [1.165, 1.54) is 12.1 Å². The molecule has 0 fully saturated rings. The Bertz CT molecular complexity index is 695. The standard InChI is InChI=1S/C19H21FO3/c1-3-4-5-11-23-18-13(2)17(20)10-9-16(18)14-7-6-8-15(12-14)19(21)22/h6-10,12H,3-5,11H2,1-2H3,(H,21,22). The number of hydrogen-bond donors (Lipinski definition) is 1. The van der Waals surface area contributed by atoms with Gasteiger partial charge in [0.1, 0.15) is 11.6 Å². The Morgan fingerprint density at radius 2 is 2.00 bits per heavy atom. The molecule has 23 heavy (non-hydrogen) atoms. The molecule has 2 aromatic rings. The number of benzene rings is 2. The summed E-state index contributed by atoms with van der Waals surface area (Å²) < 4.78 is 19.7. The van der Waals surface area contributed by atoms with E-state index in [1.54, 1.807) is 31.2 Å². The van der Waals surface area contributed by atoms with Gasteiger partial charge in [-0.25, -0.2) is 9.18 Å². The molecule has 0 spiro atoms. The summed E-state index contributed by atoms with van der Waals surface area (Å²) in [7, 11) is 0. The third-order valence-electron chi connectivity index (χ3n) is 3.75. The number of carbonyl (C=O) groups is 1. The zero-order valence-electron chi connectivity index (χ0n) is 13.4. The zero-order valence-corrected chi connectivity index (χ0v) is 13.4. The van der Waals surface area contributed by atoms with Crippen molar-refractivity contribution in [3.8, 4) is 16.9 Å². The molecule has 0 aliphatic carbocycles. The molecule has 0 bridgehead atoms. The van der Waals surface area contributed by atoms with E-state index in [2.05, 4.69) is 6.92 Å². The molecule has 2 aromatic carbocycles. The highest BCUT2D eigenvalue weighted by Crippen LogP contribution is 2.35. The molecule has 0 saturated heterocycles. The van der Waals surface area contributed by atoms with Crippen molar-refractivity contribution in [2.45, 2.75) is 33.1 Å². The van der Waals surface area contributed by atoms with Crippen molar-refractivity contribution in [1.29, 1.82) is 0 Å². The fraction of sp³-hybridized carbons (Fsp3) is 0.316. The normalized spacial score (nSPS) is 10.6. The van der Waals surface area contributed by atoms with Gasteiger partial charge in [-0.05, 0) is 43.2 Å². The van der Waals surface area contributed by atoms with Gasteiger partial charge in [-0.2, -0.15) is 0 Å². The smallest absolute Gasteiger partial charge is 0.335 e. The maximum atomic E-state index is 13.9. The molecule has 0 atom stereocenters. The van der Waals surface area contributed by atoms with Crippen molar-refractivity contribution in [3.05, 3.63) is 53.3 Å². The van der Waals surface area contributed by atoms with Gasteiger partial charge in [0.15, 0.2) is 0 Å². The van der Waals surface area contributed by atoms with E-state index in [4.69, 9.17) is 9.84 Å². The first-order valence-electron chi connectivity index (χ1n) is 7.80. The summed E-state index contributed by atoms with van der Waals surface area (Å²) in [4.78, 5) is 11.1. The lowest BCUT2D eigenvalue weighted by Gasteiger charge is -2.15. The number of hydrogen-bond acceptors (Lipinski definition) is 2. The van der Waals surface area contributed by atoms with Gasteiger partial charge in [-0.3, -0.25) is 0 Å². The molecular weight excluding hydrogens is 295 g/mol. The topological polar surface area (TPSA) is 46.5 Å². The van der Waals surface area contributed by atoms with Gasteiger partial charge >= 0.3 is 5.97 Å². The van der Waals surface area contributed by atoms with E-state index in [1.807, 2.05) is 0 Å². The summed E-state index contributed by atoms with van der Waals surface area (Å²) in [6.07, 6.45) is 3.04. The number of carboxylic acid groups (broad SMARTS) is 1. The average Bonchev–Trinajstić information content (AvgIpc) is 2.55. The van der Waals surface area contributed by atoms with E-state index >= 15 is 0 Å². The first-order valence-corrected chi connectivity index (χ1v) is 7.80. The molecule has 4 heteroatoms. The molecule has 122 valence electrons. The van der Waals surface area contributed by atoms with Crippen LogP contribution in [0.4, 0.5) is 4.39 Å². The van der Waals surface area contributed by atoms with Gasteiger partial charge in [-0.15, -0.1) is 0 Å². The minimum atomic E-state index is -0.990. The van der Waals surface area contributed by atoms with Crippen LogP contribution in [0, 0.1) is 12.7 Å². The van der Waals surface area contributed by atoms with Crippen molar-refractivity contribution in [1.82, 2.24) is 0 Å². The van der Waals surface area contributed by atoms with Crippen LogP contribution in [0.3, 0.4) is 0 Å². The number of carboxylic acids is 1. The lowest BCUT2D eigenvalue weighted by atomic mass is 9.99. The van der Waals surface area contributed by atoms with Gasteiger partial charge < -0.3 is 9.84 Å². The third kappa shape index (κ3) is 4.09. The largest absolute Gasteiger partial charge is 0.493 e. The Hall–Kier alpha value is -2.36. The van der Waals surface area contributed by atoms with Crippen LogP contribution in [0.1, 0.15) is 42.1 Å². The molecule has 0 aliphatic rings. The lowest BCUT2D eigenvalue weighted by molar-refractivity contribution is 0.0697. The molecule has 3 nitrogen and oxygen atoms in total. The lowest BCUT2D eigenvalue weighted by Crippen LogP contribution is -2.02. The van der Waals surface area contributed by atoms with Gasteiger partial charge in [0.05, 0.1) is 12.2 Å². The van der Waals surface area contributed by atoms with Crippen LogP contribution in [0.2, 0.25) is 0 Å². The molecule has 0 saturated carbocycles. The molecule has 0 unspecified atom stereocenters. The SMILES string of the molecule is CCCCCOc1c(-c2cccc(C(=O)O)c2)ccc(F)c1C. The molecule has 0 amide bonds. The van der Waals surface area contributed by atoms with Crippen molar-refractivity contribution in [2.24, 2.45) is 0 Å².